The van der Waals surface area contributed by atoms with Crippen molar-refractivity contribution in [2.24, 2.45) is 0 Å². The molecule has 0 amide bonds. The van der Waals surface area contributed by atoms with Crippen LogP contribution in [0.5, 0.6) is 0 Å². The van der Waals surface area contributed by atoms with Crippen molar-refractivity contribution in [3.8, 4) is 0 Å². The van der Waals surface area contributed by atoms with Gasteiger partial charge in [-0.15, -0.1) is 0 Å². The third kappa shape index (κ3) is 3.31. The molecule has 7 heteroatoms. The van der Waals surface area contributed by atoms with Crippen LogP contribution in [0.4, 0.5) is 0 Å². The average Bonchev–Trinajstić information content (AvgIpc) is 2.02. The van der Waals surface area contributed by atoms with E-state index in [0.29, 0.717) is 0 Å². The number of hydrogen-bond donors (Lipinski definition) is 0. The zero-order valence-corrected chi connectivity index (χ0v) is 9.22. The predicted molar refractivity (Wildman–Crippen MR) is 48.5 cm³/mol. The molecule has 0 spiro atoms. The van der Waals surface area contributed by atoms with Crippen molar-refractivity contribution in [3.63, 3.8) is 0 Å². The number of carbonyl (C=O) groups excluding carboxylic acids is 1. The van der Waals surface area contributed by atoms with Gasteiger partial charge < -0.3 is 4.74 Å². The van der Waals surface area contributed by atoms with Crippen LogP contribution >= 0.6 is 31.9 Å². The van der Waals surface area contributed by atoms with Crippen molar-refractivity contribution in [2.75, 3.05) is 6.61 Å². The number of carbonyl (C=O) groups is 1. The highest BCUT2D eigenvalue weighted by atomic mass is 79.9. The lowest BCUT2D eigenvalue weighted by atomic mass is 10.6. The minimum Gasteiger partial charge on any atom is -0.462 e. The number of esters is 1. The van der Waals surface area contributed by atoms with Gasteiger partial charge >= 0.3 is 10.6 Å². The van der Waals surface area contributed by atoms with Crippen LogP contribution in [0.1, 0.15) is 6.92 Å². The minimum atomic E-state index is -0.763. The molecule has 5 nitrogen and oxygen atoms in total. The quantitative estimate of drug-likeness (QED) is 0.262. The minimum absolute atomic E-state index is 0.173. The van der Waals surface area contributed by atoms with E-state index in [1.165, 1.54) is 0 Å². The van der Waals surface area contributed by atoms with Gasteiger partial charge in [-0.1, -0.05) is 0 Å². The SMILES string of the molecule is CCOC(=O)C(Br)=C(Br)[N+](=O)[O-]. The van der Waals surface area contributed by atoms with Crippen LogP contribution < -0.4 is 0 Å². The third-order valence-corrected chi connectivity index (χ3v) is 2.71. The molecule has 0 heterocycles. The Kier molecular flexibility index (Phi) is 5.07. The van der Waals surface area contributed by atoms with Crippen LogP contribution in [0, 0.1) is 10.1 Å². The second kappa shape index (κ2) is 5.26. The van der Waals surface area contributed by atoms with E-state index in [1.807, 2.05) is 0 Å². The lowest BCUT2D eigenvalue weighted by Gasteiger charge is -1.97. The maximum Gasteiger partial charge on any atom is 0.352 e. The van der Waals surface area contributed by atoms with Gasteiger partial charge in [0, 0.05) is 15.9 Å². The molecule has 0 bridgehead atoms. The normalized spacial score (nSPS) is 11.9. The summed E-state index contributed by atoms with van der Waals surface area (Å²) in [5, 5.41) is 10.1. The van der Waals surface area contributed by atoms with Gasteiger partial charge in [0.15, 0.2) is 4.48 Å². The molecule has 0 rings (SSSR count). The molecule has 0 saturated carbocycles. The van der Waals surface area contributed by atoms with Crippen molar-refractivity contribution in [1.29, 1.82) is 0 Å². The Bertz CT molecular complexity index is 238. The molecule has 12 heavy (non-hydrogen) atoms. The van der Waals surface area contributed by atoms with E-state index in [0.717, 1.165) is 0 Å². The van der Waals surface area contributed by atoms with Crippen LogP contribution in [0.15, 0.2) is 9.09 Å². The molecule has 0 aromatic carbocycles. The molecule has 0 unspecified atom stereocenters. The summed E-state index contributed by atoms with van der Waals surface area (Å²) >= 11 is 5.34. The van der Waals surface area contributed by atoms with Crippen molar-refractivity contribution in [2.45, 2.75) is 6.92 Å². The average molecular weight is 303 g/mol. The number of rotatable bonds is 3. The Morgan fingerprint density at radius 1 is 1.58 bits per heavy atom. The Morgan fingerprint density at radius 3 is 2.42 bits per heavy atom. The predicted octanol–water partition coefficient (Wildman–Crippen LogP) is 1.79. The zero-order chi connectivity index (χ0) is 9.72. The number of nitro groups is 1. The summed E-state index contributed by atoms with van der Waals surface area (Å²) in [4.78, 5) is 20.2. The second-order valence-corrected chi connectivity index (χ2v) is 3.13. The zero-order valence-electron chi connectivity index (χ0n) is 6.04. The molecular weight excluding hydrogens is 298 g/mol. The highest BCUT2D eigenvalue weighted by Crippen LogP contribution is 2.19. The first-order chi connectivity index (χ1) is 5.50. The highest BCUT2D eigenvalue weighted by molar-refractivity contribution is 9.14. The number of nitrogens with zero attached hydrogens (tertiary/aromatic N) is 1. The molecule has 0 aliphatic rings. The molecule has 68 valence electrons. The van der Waals surface area contributed by atoms with Crippen molar-refractivity contribution >= 4 is 37.8 Å². The monoisotopic (exact) mass is 301 g/mol. The number of hydrogen-bond acceptors (Lipinski definition) is 4. The fourth-order valence-corrected chi connectivity index (χ4v) is 0.780. The van der Waals surface area contributed by atoms with Crippen LogP contribution in [0.25, 0.3) is 0 Å². The molecular formula is C5H5Br2NO4. The van der Waals surface area contributed by atoms with Gasteiger partial charge in [0.2, 0.25) is 0 Å². The van der Waals surface area contributed by atoms with Crippen LogP contribution in [0.2, 0.25) is 0 Å². The summed E-state index contributed by atoms with van der Waals surface area (Å²) in [6.07, 6.45) is 0. The summed E-state index contributed by atoms with van der Waals surface area (Å²) in [6.45, 7) is 1.78. The Morgan fingerprint density at radius 2 is 2.08 bits per heavy atom. The smallest absolute Gasteiger partial charge is 0.352 e. The topological polar surface area (TPSA) is 69.4 Å². The van der Waals surface area contributed by atoms with E-state index < -0.39 is 15.5 Å². The largest absolute Gasteiger partial charge is 0.462 e. The summed E-state index contributed by atoms with van der Waals surface area (Å²) in [5.41, 5.74) is 0. The van der Waals surface area contributed by atoms with Crippen LogP contribution in [0.3, 0.4) is 0 Å². The number of ether oxygens (including phenoxy) is 1. The molecule has 0 fully saturated rings. The molecule has 0 aromatic rings. The fourth-order valence-electron chi connectivity index (χ4n) is 0.359. The van der Waals surface area contributed by atoms with Gasteiger partial charge in [0.05, 0.1) is 11.5 Å². The maximum atomic E-state index is 10.8. The molecule has 0 saturated heterocycles. The Hall–Kier alpha value is -0.430. The summed E-state index contributed by atoms with van der Waals surface area (Å²) in [6, 6.07) is 0. The summed E-state index contributed by atoms with van der Waals surface area (Å²) < 4.78 is 3.83. The van der Waals surface area contributed by atoms with E-state index in [2.05, 4.69) is 36.6 Å². The van der Waals surface area contributed by atoms with Crippen molar-refractivity contribution in [3.05, 3.63) is 19.2 Å². The molecule has 0 radical (unpaired) electrons. The van der Waals surface area contributed by atoms with Gasteiger partial charge in [0.25, 0.3) is 0 Å². The summed E-state index contributed by atoms with van der Waals surface area (Å²) in [5.74, 6) is -0.763. The first kappa shape index (κ1) is 11.6. The van der Waals surface area contributed by atoms with Crippen molar-refractivity contribution < 1.29 is 14.5 Å². The molecule has 0 aliphatic carbocycles. The van der Waals surface area contributed by atoms with Gasteiger partial charge in [-0.25, -0.2) is 4.79 Å². The summed E-state index contributed by atoms with van der Waals surface area (Å²) in [7, 11) is 0. The van der Waals surface area contributed by atoms with Gasteiger partial charge in [0.1, 0.15) is 0 Å². The lowest BCUT2D eigenvalue weighted by molar-refractivity contribution is -0.409. The molecule has 0 aliphatic heterocycles. The first-order valence-corrected chi connectivity index (χ1v) is 4.46. The van der Waals surface area contributed by atoms with E-state index in [1.54, 1.807) is 6.92 Å². The lowest BCUT2D eigenvalue weighted by Crippen LogP contribution is -2.07. The first-order valence-electron chi connectivity index (χ1n) is 2.87. The fraction of sp³-hybridized carbons (Fsp3) is 0.400. The van der Waals surface area contributed by atoms with E-state index >= 15 is 0 Å². The third-order valence-electron chi connectivity index (χ3n) is 0.796. The van der Waals surface area contributed by atoms with Gasteiger partial charge in [-0.2, -0.15) is 0 Å². The molecule has 0 atom stereocenters. The van der Waals surface area contributed by atoms with Crippen molar-refractivity contribution in [1.82, 2.24) is 0 Å². The molecule has 0 N–H and O–H groups in total. The maximum absolute atomic E-state index is 10.8. The van der Waals surface area contributed by atoms with E-state index in [-0.39, 0.29) is 11.1 Å². The van der Waals surface area contributed by atoms with Crippen LogP contribution in [-0.2, 0) is 9.53 Å². The highest BCUT2D eigenvalue weighted by Gasteiger charge is 2.20. The number of halogens is 2. The second-order valence-electron chi connectivity index (χ2n) is 1.58. The standard InChI is InChI=1S/C5H5Br2NO4/c1-2-12-5(9)3(6)4(7)8(10)11/h2H2,1H3. The Balaban J connectivity index is 4.55. The van der Waals surface area contributed by atoms with Gasteiger partial charge in [-0.05, 0) is 22.9 Å². The molecule has 0 aromatic heterocycles. The van der Waals surface area contributed by atoms with E-state index in [4.69, 9.17) is 0 Å². The Labute approximate surface area is 85.2 Å². The van der Waals surface area contributed by atoms with E-state index in [9.17, 15) is 14.9 Å². The van der Waals surface area contributed by atoms with Gasteiger partial charge in [-0.3, -0.25) is 10.1 Å². The van der Waals surface area contributed by atoms with Crippen LogP contribution in [-0.4, -0.2) is 17.5 Å².